The molecule has 0 aliphatic rings. The van der Waals surface area contributed by atoms with E-state index in [1.807, 2.05) is 19.1 Å². The molecule has 0 radical (unpaired) electrons. The van der Waals surface area contributed by atoms with Crippen LogP contribution in [0, 0.1) is 18.3 Å². The van der Waals surface area contributed by atoms with Gasteiger partial charge in [0, 0.05) is 6.54 Å². The number of hydrogen-bond donors (Lipinski definition) is 2. The van der Waals surface area contributed by atoms with Crippen molar-refractivity contribution in [3.8, 4) is 6.07 Å². The van der Waals surface area contributed by atoms with Gasteiger partial charge in [-0.2, -0.15) is 5.26 Å². The highest BCUT2D eigenvalue weighted by Gasteiger charge is 2.04. The molecule has 0 saturated carbocycles. The first kappa shape index (κ1) is 11.9. The fourth-order valence-electron chi connectivity index (χ4n) is 1.32. The van der Waals surface area contributed by atoms with E-state index in [0.29, 0.717) is 12.1 Å². The smallest absolute Gasteiger partial charge is 0.404 e. The highest BCUT2D eigenvalue weighted by Crippen LogP contribution is 2.18. The molecular formula is C11H13N3O2. The van der Waals surface area contributed by atoms with Crippen molar-refractivity contribution in [2.45, 2.75) is 6.92 Å². The number of nitrogens with zero attached hydrogens (tertiary/aromatic N) is 1. The lowest BCUT2D eigenvalue weighted by Gasteiger charge is -2.10. The number of benzene rings is 1. The van der Waals surface area contributed by atoms with Gasteiger partial charge in [-0.05, 0) is 18.6 Å². The Morgan fingerprint density at radius 1 is 1.62 bits per heavy atom. The van der Waals surface area contributed by atoms with Gasteiger partial charge in [0.1, 0.15) is 12.7 Å². The lowest BCUT2D eigenvalue weighted by atomic mass is 10.1. The molecule has 0 spiro atoms. The van der Waals surface area contributed by atoms with E-state index < -0.39 is 6.09 Å². The third-order valence-corrected chi connectivity index (χ3v) is 2.04. The molecule has 0 unspecified atom stereocenters. The number of nitrogens with one attached hydrogen (secondary N) is 1. The first-order chi connectivity index (χ1) is 7.65. The molecule has 1 rings (SSSR count). The van der Waals surface area contributed by atoms with Crippen LogP contribution in [-0.4, -0.2) is 19.2 Å². The second-order valence-corrected chi connectivity index (χ2v) is 3.20. The third-order valence-electron chi connectivity index (χ3n) is 2.04. The number of hydrogen-bond acceptors (Lipinski definition) is 4. The lowest BCUT2D eigenvalue weighted by molar-refractivity contribution is 0.161. The Hall–Kier alpha value is -2.22. The molecule has 16 heavy (non-hydrogen) atoms. The zero-order valence-corrected chi connectivity index (χ0v) is 8.99. The van der Waals surface area contributed by atoms with Crippen LogP contribution in [-0.2, 0) is 4.74 Å². The van der Waals surface area contributed by atoms with Gasteiger partial charge < -0.3 is 15.8 Å². The van der Waals surface area contributed by atoms with Crippen LogP contribution in [0.2, 0.25) is 0 Å². The van der Waals surface area contributed by atoms with E-state index in [2.05, 4.69) is 16.1 Å². The second-order valence-electron chi connectivity index (χ2n) is 3.20. The Balaban J connectivity index is 2.60. The van der Waals surface area contributed by atoms with Crippen LogP contribution in [0.4, 0.5) is 10.5 Å². The van der Waals surface area contributed by atoms with Gasteiger partial charge in [0.15, 0.2) is 0 Å². The number of para-hydroxylation sites is 1. The highest BCUT2D eigenvalue weighted by molar-refractivity contribution is 5.65. The van der Waals surface area contributed by atoms with Crippen LogP contribution in [0.5, 0.6) is 0 Å². The number of nitriles is 1. The number of carbonyl (C=O) groups excluding carboxylic acids is 1. The first-order valence-electron chi connectivity index (χ1n) is 4.81. The molecule has 84 valence electrons. The van der Waals surface area contributed by atoms with Crippen LogP contribution in [0.25, 0.3) is 0 Å². The summed E-state index contributed by atoms with van der Waals surface area (Å²) in [7, 11) is 0. The number of ether oxygens (including phenoxy) is 1. The van der Waals surface area contributed by atoms with E-state index in [9.17, 15) is 4.79 Å². The van der Waals surface area contributed by atoms with Gasteiger partial charge in [-0.15, -0.1) is 0 Å². The standard InChI is InChI=1S/C11H13N3O2/c1-8-3-2-4-9(7-12)10(8)14-5-6-16-11(13)15/h2-4,14H,5-6H2,1H3,(H2,13,15). The minimum Gasteiger partial charge on any atom is -0.448 e. The minimum absolute atomic E-state index is 0.175. The highest BCUT2D eigenvalue weighted by atomic mass is 16.5. The monoisotopic (exact) mass is 219 g/mol. The van der Waals surface area contributed by atoms with E-state index in [-0.39, 0.29) is 6.61 Å². The molecule has 5 heteroatoms. The summed E-state index contributed by atoms with van der Waals surface area (Å²) in [5, 5.41) is 11.9. The summed E-state index contributed by atoms with van der Waals surface area (Å²) in [6.07, 6.45) is -0.799. The topological polar surface area (TPSA) is 88.1 Å². The Bertz CT molecular complexity index is 424. The van der Waals surface area contributed by atoms with Gasteiger partial charge >= 0.3 is 6.09 Å². The molecule has 1 amide bonds. The van der Waals surface area contributed by atoms with E-state index in [4.69, 9.17) is 11.0 Å². The van der Waals surface area contributed by atoms with Crippen LogP contribution in [0.1, 0.15) is 11.1 Å². The number of anilines is 1. The molecule has 0 atom stereocenters. The van der Waals surface area contributed by atoms with Crippen molar-refractivity contribution >= 4 is 11.8 Å². The van der Waals surface area contributed by atoms with Gasteiger partial charge in [-0.25, -0.2) is 4.79 Å². The Kier molecular flexibility index (Phi) is 4.16. The average Bonchev–Trinajstić information content (AvgIpc) is 2.25. The van der Waals surface area contributed by atoms with E-state index in [1.165, 1.54) is 0 Å². The third kappa shape index (κ3) is 3.17. The normalized spacial score (nSPS) is 9.25. The summed E-state index contributed by atoms with van der Waals surface area (Å²) >= 11 is 0. The fraction of sp³-hybridized carbons (Fsp3) is 0.273. The zero-order chi connectivity index (χ0) is 12.0. The van der Waals surface area contributed by atoms with Crippen LogP contribution < -0.4 is 11.1 Å². The van der Waals surface area contributed by atoms with E-state index in [1.54, 1.807) is 6.07 Å². The molecular weight excluding hydrogens is 206 g/mol. The number of primary amides is 1. The van der Waals surface area contributed by atoms with E-state index >= 15 is 0 Å². The van der Waals surface area contributed by atoms with Crippen molar-refractivity contribution in [2.24, 2.45) is 5.73 Å². The molecule has 0 fully saturated rings. The molecule has 0 aliphatic heterocycles. The number of amides is 1. The van der Waals surface area contributed by atoms with Crippen LogP contribution in [0.3, 0.4) is 0 Å². The molecule has 0 saturated heterocycles. The summed E-state index contributed by atoms with van der Waals surface area (Å²) < 4.78 is 4.57. The zero-order valence-electron chi connectivity index (χ0n) is 8.99. The first-order valence-corrected chi connectivity index (χ1v) is 4.81. The maximum atomic E-state index is 10.3. The van der Waals surface area contributed by atoms with Gasteiger partial charge in [-0.1, -0.05) is 12.1 Å². The van der Waals surface area contributed by atoms with Crippen molar-refractivity contribution < 1.29 is 9.53 Å². The SMILES string of the molecule is Cc1cccc(C#N)c1NCCOC(N)=O. The Morgan fingerprint density at radius 2 is 2.38 bits per heavy atom. The predicted molar refractivity (Wildman–Crippen MR) is 59.9 cm³/mol. The van der Waals surface area contributed by atoms with Gasteiger partial charge in [0.2, 0.25) is 0 Å². The van der Waals surface area contributed by atoms with Gasteiger partial charge in [0.05, 0.1) is 11.3 Å². The maximum Gasteiger partial charge on any atom is 0.404 e. The predicted octanol–water partition coefficient (Wildman–Crippen LogP) is 1.37. The molecule has 0 bridgehead atoms. The average molecular weight is 219 g/mol. The minimum atomic E-state index is -0.799. The summed E-state index contributed by atoms with van der Waals surface area (Å²) in [5.74, 6) is 0. The van der Waals surface area contributed by atoms with Crippen LogP contribution in [0.15, 0.2) is 18.2 Å². The number of nitrogens with two attached hydrogens (primary N) is 1. The van der Waals surface area contributed by atoms with Crippen molar-refractivity contribution in [2.75, 3.05) is 18.5 Å². The molecule has 0 aromatic heterocycles. The molecule has 1 aromatic carbocycles. The Labute approximate surface area is 93.8 Å². The molecule has 0 aliphatic carbocycles. The van der Waals surface area contributed by atoms with Crippen LogP contribution >= 0.6 is 0 Å². The fourth-order valence-corrected chi connectivity index (χ4v) is 1.32. The molecule has 3 N–H and O–H groups in total. The van der Waals surface area contributed by atoms with Gasteiger partial charge in [-0.3, -0.25) is 0 Å². The van der Waals surface area contributed by atoms with Gasteiger partial charge in [0.25, 0.3) is 0 Å². The van der Waals surface area contributed by atoms with E-state index in [0.717, 1.165) is 11.3 Å². The maximum absolute atomic E-state index is 10.3. The van der Waals surface area contributed by atoms with Crippen molar-refractivity contribution in [3.63, 3.8) is 0 Å². The quantitative estimate of drug-likeness (QED) is 0.748. The number of rotatable bonds is 4. The summed E-state index contributed by atoms with van der Waals surface area (Å²) in [4.78, 5) is 10.3. The molecule has 5 nitrogen and oxygen atoms in total. The second kappa shape index (κ2) is 5.61. The van der Waals surface area contributed by atoms with Crippen molar-refractivity contribution in [1.29, 1.82) is 5.26 Å². The van der Waals surface area contributed by atoms with Crippen molar-refractivity contribution in [3.05, 3.63) is 29.3 Å². The molecule has 0 heterocycles. The largest absolute Gasteiger partial charge is 0.448 e. The number of aryl methyl sites for hydroxylation is 1. The summed E-state index contributed by atoms with van der Waals surface area (Å²) in [6, 6.07) is 7.54. The Morgan fingerprint density at radius 3 is 3.00 bits per heavy atom. The molecule has 1 aromatic rings. The number of carbonyl (C=O) groups is 1. The summed E-state index contributed by atoms with van der Waals surface area (Å²) in [5.41, 5.74) is 7.12. The van der Waals surface area contributed by atoms with Crippen molar-refractivity contribution in [1.82, 2.24) is 0 Å². The summed E-state index contributed by atoms with van der Waals surface area (Å²) in [6.45, 7) is 2.50. The lowest BCUT2D eigenvalue weighted by Crippen LogP contribution is -2.18.